The van der Waals surface area contributed by atoms with Gasteiger partial charge in [0.2, 0.25) is 0 Å². The molecule has 0 bridgehead atoms. The number of carbonyl (C=O) groups is 2. The molecule has 0 aromatic carbocycles. The van der Waals surface area contributed by atoms with Gasteiger partial charge in [-0.25, -0.2) is 0 Å². The summed E-state index contributed by atoms with van der Waals surface area (Å²) in [6.07, 6.45) is 7.21. The largest absolute Gasteiger partial charge is 0.393 e. The molecule has 4 rings (SSSR count). The number of hydrogen-bond donors (Lipinski definition) is 1. The highest BCUT2D eigenvalue weighted by Crippen LogP contribution is 2.68. The van der Waals surface area contributed by atoms with Crippen molar-refractivity contribution in [3.8, 4) is 0 Å². The van der Waals surface area contributed by atoms with Crippen molar-refractivity contribution in [2.45, 2.75) is 84.3 Å². The van der Waals surface area contributed by atoms with Crippen molar-refractivity contribution in [3.63, 3.8) is 0 Å². The van der Waals surface area contributed by atoms with Crippen molar-refractivity contribution in [1.82, 2.24) is 0 Å². The Morgan fingerprint density at radius 2 is 2.00 bits per heavy atom. The average molecular weight is 375 g/mol. The first-order valence-electron chi connectivity index (χ1n) is 10.8. The molecule has 0 aliphatic heterocycles. The molecular weight excluding hydrogens is 340 g/mol. The summed E-state index contributed by atoms with van der Waals surface area (Å²) < 4.78 is 6.18. The molecule has 0 spiro atoms. The molecule has 3 saturated carbocycles. The molecule has 4 aliphatic carbocycles. The van der Waals surface area contributed by atoms with Gasteiger partial charge in [0.05, 0.1) is 6.10 Å². The van der Waals surface area contributed by atoms with E-state index >= 15 is 0 Å². The number of allylic oxidation sites excluding steroid dienone is 1. The van der Waals surface area contributed by atoms with Crippen LogP contribution in [0.1, 0.15) is 72.6 Å². The first-order chi connectivity index (χ1) is 12.7. The molecule has 0 aromatic heterocycles. The second kappa shape index (κ2) is 6.25. The quantitative estimate of drug-likeness (QED) is 0.815. The number of Topliss-reactive ketones (excluding diaryl/α,β-unsaturated/α-hetero) is 1. The molecule has 0 radical (unpaired) electrons. The molecule has 0 heterocycles. The van der Waals surface area contributed by atoms with E-state index in [4.69, 9.17) is 4.74 Å². The first kappa shape index (κ1) is 19.3. The van der Waals surface area contributed by atoms with Crippen LogP contribution in [0.2, 0.25) is 0 Å². The predicted molar refractivity (Wildman–Crippen MR) is 103 cm³/mol. The fraction of sp³-hybridized carbons (Fsp3) is 0.826. The van der Waals surface area contributed by atoms with Crippen molar-refractivity contribution >= 4 is 11.6 Å². The third kappa shape index (κ3) is 2.42. The molecule has 4 heteroatoms. The summed E-state index contributed by atoms with van der Waals surface area (Å²) in [5.41, 5.74) is 0.114. The highest BCUT2D eigenvalue weighted by molar-refractivity contribution is 5.91. The minimum atomic E-state index is -0.752. The highest BCUT2D eigenvalue weighted by Gasteiger charge is 2.68. The van der Waals surface area contributed by atoms with Gasteiger partial charge in [0.1, 0.15) is 5.60 Å². The lowest BCUT2D eigenvalue weighted by Gasteiger charge is -2.61. The Kier molecular flexibility index (Phi) is 4.47. The standard InChI is InChI=1S/C23H34O4/c1-5-27-23(14(2)24)11-9-18-17-7-6-15-12-16(25)8-10-21(15,3)20(17)19(26)13-22(18,23)4/h12,17-20,26H,5-11,13H2,1-4H3/t17-,18-,19-,20-,21+,22-,23-/m0/s1. The first-order valence-corrected chi connectivity index (χ1v) is 10.8. The number of ether oxygens (including phenoxy) is 1. The van der Waals surface area contributed by atoms with Crippen LogP contribution in [0.3, 0.4) is 0 Å². The number of ketones is 2. The molecule has 27 heavy (non-hydrogen) atoms. The zero-order valence-electron chi connectivity index (χ0n) is 17.2. The van der Waals surface area contributed by atoms with Gasteiger partial charge < -0.3 is 9.84 Å². The van der Waals surface area contributed by atoms with Gasteiger partial charge in [-0.15, -0.1) is 0 Å². The summed E-state index contributed by atoms with van der Waals surface area (Å²) >= 11 is 0. The Morgan fingerprint density at radius 1 is 1.26 bits per heavy atom. The number of carbonyl (C=O) groups excluding carboxylic acids is 2. The maximum absolute atomic E-state index is 12.8. The monoisotopic (exact) mass is 374 g/mol. The summed E-state index contributed by atoms with van der Waals surface area (Å²) in [5, 5.41) is 11.4. The van der Waals surface area contributed by atoms with Gasteiger partial charge in [-0.3, -0.25) is 9.59 Å². The summed E-state index contributed by atoms with van der Waals surface area (Å²) in [5.74, 6) is 1.34. The zero-order valence-corrected chi connectivity index (χ0v) is 17.2. The third-order valence-electron chi connectivity index (χ3n) is 8.98. The summed E-state index contributed by atoms with van der Waals surface area (Å²) in [4.78, 5) is 24.7. The average Bonchev–Trinajstić information content (AvgIpc) is 2.89. The molecule has 1 N–H and O–H groups in total. The zero-order chi connectivity index (χ0) is 19.6. The van der Waals surface area contributed by atoms with E-state index in [1.807, 2.05) is 13.0 Å². The second-order valence-electron chi connectivity index (χ2n) is 9.93. The van der Waals surface area contributed by atoms with Crippen molar-refractivity contribution in [3.05, 3.63) is 11.6 Å². The maximum atomic E-state index is 12.8. The maximum Gasteiger partial charge on any atom is 0.162 e. The molecular formula is C23H34O4. The van der Waals surface area contributed by atoms with E-state index in [1.54, 1.807) is 6.92 Å². The predicted octanol–water partition coefficient (Wildman–Crippen LogP) is 3.85. The van der Waals surface area contributed by atoms with Crippen LogP contribution in [-0.2, 0) is 14.3 Å². The summed E-state index contributed by atoms with van der Waals surface area (Å²) in [7, 11) is 0. The Balaban J connectivity index is 1.75. The molecule has 150 valence electrons. The number of rotatable bonds is 3. The summed E-state index contributed by atoms with van der Waals surface area (Å²) in [6, 6.07) is 0. The SMILES string of the molecule is CCO[C@]1(C(C)=O)CC[C@H]2[C@@H]3CCC4=CC(=O)CC[C@@]4(C)[C@@H]3[C@@H](O)C[C@@]21C. The van der Waals surface area contributed by atoms with Gasteiger partial charge >= 0.3 is 0 Å². The fourth-order valence-corrected chi connectivity index (χ4v) is 7.84. The molecule has 3 fully saturated rings. The molecule has 0 aromatic rings. The van der Waals surface area contributed by atoms with Gasteiger partial charge in [0, 0.05) is 18.4 Å². The van der Waals surface area contributed by atoms with Gasteiger partial charge in [-0.2, -0.15) is 0 Å². The van der Waals surface area contributed by atoms with Crippen LogP contribution in [0.15, 0.2) is 11.6 Å². The molecule has 0 unspecified atom stereocenters. The minimum Gasteiger partial charge on any atom is -0.393 e. The lowest BCUT2D eigenvalue weighted by atomic mass is 9.45. The van der Waals surface area contributed by atoms with Gasteiger partial charge in [0.15, 0.2) is 11.6 Å². The van der Waals surface area contributed by atoms with Gasteiger partial charge in [-0.1, -0.05) is 19.4 Å². The Labute approximate surface area is 162 Å². The molecule has 7 atom stereocenters. The van der Waals surface area contributed by atoms with Crippen LogP contribution in [-0.4, -0.2) is 35.0 Å². The smallest absolute Gasteiger partial charge is 0.162 e. The van der Waals surface area contributed by atoms with E-state index < -0.39 is 11.7 Å². The molecule has 4 nitrogen and oxygen atoms in total. The Morgan fingerprint density at radius 3 is 2.67 bits per heavy atom. The fourth-order valence-electron chi connectivity index (χ4n) is 7.84. The van der Waals surface area contributed by atoms with Crippen LogP contribution < -0.4 is 0 Å². The van der Waals surface area contributed by atoms with Crippen LogP contribution in [0.5, 0.6) is 0 Å². The highest BCUT2D eigenvalue weighted by atomic mass is 16.5. The normalized spacial score (nSPS) is 49.1. The van der Waals surface area contributed by atoms with E-state index in [-0.39, 0.29) is 28.3 Å². The second-order valence-corrected chi connectivity index (χ2v) is 9.93. The topological polar surface area (TPSA) is 63.6 Å². The van der Waals surface area contributed by atoms with Crippen molar-refractivity contribution in [2.24, 2.45) is 28.6 Å². The number of aliphatic hydroxyl groups excluding tert-OH is 1. The molecule has 4 aliphatic rings. The van der Waals surface area contributed by atoms with Crippen LogP contribution >= 0.6 is 0 Å². The van der Waals surface area contributed by atoms with Crippen molar-refractivity contribution in [1.29, 1.82) is 0 Å². The number of fused-ring (bicyclic) bond motifs is 5. The Hall–Kier alpha value is -1.00. The van der Waals surface area contributed by atoms with E-state index in [1.165, 1.54) is 5.57 Å². The molecule has 0 amide bonds. The molecule has 0 saturated heterocycles. The number of aliphatic hydroxyl groups is 1. The lowest BCUT2D eigenvalue weighted by Crippen LogP contribution is -2.62. The van der Waals surface area contributed by atoms with Gasteiger partial charge in [0.25, 0.3) is 0 Å². The van der Waals surface area contributed by atoms with Crippen LogP contribution in [0.4, 0.5) is 0 Å². The van der Waals surface area contributed by atoms with Crippen molar-refractivity contribution in [2.75, 3.05) is 6.61 Å². The third-order valence-corrected chi connectivity index (χ3v) is 8.98. The van der Waals surface area contributed by atoms with Gasteiger partial charge in [-0.05, 0) is 81.6 Å². The summed E-state index contributed by atoms with van der Waals surface area (Å²) in [6.45, 7) is 8.61. The number of hydrogen-bond acceptors (Lipinski definition) is 4. The van der Waals surface area contributed by atoms with E-state index in [2.05, 4.69) is 13.8 Å². The van der Waals surface area contributed by atoms with E-state index in [9.17, 15) is 14.7 Å². The van der Waals surface area contributed by atoms with Crippen LogP contribution in [0.25, 0.3) is 0 Å². The Bertz CT molecular complexity index is 696. The van der Waals surface area contributed by atoms with Crippen molar-refractivity contribution < 1.29 is 19.4 Å². The minimum absolute atomic E-state index is 0.0787. The van der Waals surface area contributed by atoms with E-state index in [0.29, 0.717) is 31.3 Å². The van der Waals surface area contributed by atoms with Crippen LogP contribution in [0, 0.1) is 28.6 Å². The lowest BCUT2D eigenvalue weighted by molar-refractivity contribution is -0.192. The van der Waals surface area contributed by atoms with E-state index in [0.717, 1.165) is 32.1 Å².